The van der Waals surface area contributed by atoms with Crippen LogP contribution < -0.4 is 5.32 Å². The van der Waals surface area contributed by atoms with Crippen molar-refractivity contribution in [2.24, 2.45) is 0 Å². The maximum atomic E-state index is 12.0. The summed E-state index contributed by atoms with van der Waals surface area (Å²) in [6.45, 7) is 0.698. The number of sulfonamides is 1. The molecule has 9 heteroatoms. The number of nitrogens with zero attached hydrogens (tertiary/aromatic N) is 2. The van der Waals surface area contributed by atoms with Crippen molar-refractivity contribution in [2.45, 2.75) is 5.03 Å². The van der Waals surface area contributed by atoms with E-state index in [0.29, 0.717) is 6.54 Å². The van der Waals surface area contributed by atoms with Crippen molar-refractivity contribution < 1.29 is 18.3 Å². The molecule has 96 valence electrons. The van der Waals surface area contributed by atoms with Crippen LogP contribution in [0.5, 0.6) is 0 Å². The Morgan fingerprint density at radius 2 is 2.29 bits per heavy atom. The molecule has 3 N–H and O–H groups in total. The molecule has 1 aromatic heterocycles. The van der Waals surface area contributed by atoms with E-state index in [2.05, 4.69) is 15.5 Å². The van der Waals surface area contributed by atoms with E-state index < -0.39 is 21.0 Å². The first-order valence-electron chi connectivity index (χ1n) is 4.79. The van der Waals surface area contributed by atoms with Crippen LogP contribution in [0.15, 0.2) is 11.2 Å². The Labute approximate surface area is 98.7 Å². The van der Waals surface area contributed by atoms with E-state index in [4.69, 9.17) is 5.11 Å². The molecule has 0 amide bonds. The average Bonchev–Trinajstić information content (AvgIpc) is 2.75. The molecule has 0 radical (unpaired) electrons. The quantitative estimate of drug-likeness (QED) is 0.602. The van der Waals surface area contributed by atoms with Gasteiger partial charge in [-0.1, -0.05) is 0 Å². The Bertz CT molecular complexity index is 495. The van der Waals surface area contributed by atoms with Crippen molar-refractivity contribution in [3.05, 3.63) is 11.8 Å². The molecule has 1 rings (SSSR count). The number of carbonyl (C=O) groups is 1. The van der Waals surface area contributed by atoms with Crippen LogP contribution in [0.4, 0.5) is 0 Å². The van der Waals surface area contributed by atoms with E-state index in [9.17, 15) is 13.2 Å². The summed E-state index contributed by atoms with van der Waals surface area (Å²) in [5.74, 6) is -1.33. The van der Waals surface area contributed by atoms with Crippen LogP contribution in [0.1, 0.15) is 10.4 Å². The van der Waals surface area contributed by atoms with Gasteiger partial charge < -0.3 is 10.4 Å². The molecule has 0 unspecified atom stereocenters. The SMILES string of the molecule is CNCCN(C)S(=O)(=O)c1[nH]ncc1C(=O)O. The van der Waals surface area contributed by atoms with Crippen LogP contribution in [-0.2, 0) is 10.0 Å². The third kappa shape index (κ3) is 2.81. The van der Waals surface area contributed by atoms with Gasteiger partial charge in [-0.25, -0.2) is 13.2 Å². The van der Waals surface area contributed by atoms with Crippen LogP contribution in [-0.4, -0.2) is 61.2 Å². The van der Waals surface area contributed by atoms with Crippen LogP contribution in [0.2, 0.25) is 0 Å². The third-order valence-electron chi connectivity index (χ3n) is 2.18. The number of aromatic amines is 1. The molecule has 0 aliphatic heterocycles. The first-order chi connectivity index (χ1) is 7.91. The first kappa shape index (κ1) is 13.6. The smallest absolute Gasteiger partial charge is 0.340 e. The molecule has 17 heavy (non-hydrogen) atoms. The van der Waals surface area contributed by atoms with Crippen molar-refractivity contribution >= 4 is 16.0 Å². The van der Waals surface area contributed by atoms with Gasteiger partial charge in [0.1, 0.15) is 5.56 Å². The van der Waals surface area contributed by atoms with Crippen molar-refractivity contribution in [2.75, 3.05) is 27.2 Å². The molecule has 0 bridgehead atoms. The summed E-state index contributed by atoms with van der Waals surface area (Å²) in [6.07, 6.45) is 0.973. The first-order valence-corrected chi connectivity index (χ1v) is 6.23. The molecule has 8 nitrogen and oxygen atoms in total. The topological polar surface area (TPSA) is 115 Å². The fourth-order valence-corrected chi connectivity index (χ4v) is 2.40. The van der Waals surface area contributed by atoms with Gasteiger partial charge in [0.2, 0.25) is 0 Å². The molecule has 0 aromatic carbocycles. The zero-order valence-corrected chi connectivity index (χ0v) is 10.3. The van der Waals surface area contributed by atoms with Crippen molar-refractivity contribution in [3.8, 4) is 0 Å². The van der Waals surface area contributed by atoms with Crippen LogP contribution in [0.3, 0.4) is 0 Å². The molecular weight excluding hydrogens is 248 g/mol. The molecular formula is C8H14N4O4S. The predicted molar refractivity (Wildman–Crippen MR) is 59.3 cm³/mol. The summed E-state index contributed by atoms with van der Waals surface area (Å²) in [6, 6.07) is 0. The number of carboxylic acids is 1. The Morgan fingerprint density at radius 1 is 1.65 bits per heavy atom. The van der Waals surface area contributed by atoms with Crippen LogP contribution >= 0.6 is 0 Å². The number of aromatic carboxylic acids is 1. The molecule has 0 atom stereocenters. The summed E-state index contributed by atoms with van der Waals surface area (Å²) >= 11 is 0. The van der Waals surface area contributed by atoms with Gasteiger partial charge >= 0.3 is 5.97 Å². The fraction of sp³-hybridized carbons (Fsp3) is 0.500. The number of hydrogen-bond donors (Lipinski definition) is 3. The number of nitrogens with one attached hydrogen (secondary N) is 2. The maximum Gasteiger partial charge on any atom is 0.340 e. The summed E-state index contributed by atoms with van der Waals surface area (Å²) in [5, 5.41) is 16.9. The van der Waals surface area contributed by atoms with Gasteiger partial charge in [-0.05, 0) is 7.05 Å². The molecule has 0 aliphatic carbocycles. The molecule has 1 aromatic rings. The molecule has 0 aliphatic rings. The second-order valence-electron chi connectivity index (χ2n) is 3.35. The molecule has 0 spiro atoms. The minimum absolute atomic E-state index is 0.233. The minimum Gasteiger partial charge on any atom is -0.478 e. The lowest BCUT2D eigenvalue weighted by atomic mass is 10.4. The Hall–Kier alpha value is -1.45. The number of hydrogen-bond acceptors (Lipinski definition) is 5. The van der Waals surface area contributed by atoms with Crippen LogP contribution in [0, 0.1) is 0 Å². The maximum absolute atomic E-state index is 12.0. The highest BCUT2D eigenvalue weighted by Gasteiger charge is 2.28. The highest BCUT2D eigenvalue weighted by Crippen LogP contribution is 2.15. The van der Waals surface area contributed by atoms with E-state index in [1.54, 1.807) is 7.05 Å². The number of carboxylic acid groups (broad SMARTS) is 1. The highest BCUT2D eigenvalue weighted by atomic mass is 32.2. The van der Waals surface area contributed by atoms with E-state index in [1.807, 2.05) is 0 Å². The van der Waals surface area contributed by atoms with Crippen molar-refractivity contribution in [3.63, 3.8) is 0 Å². The highest BCUT2D eigenvalue weighted by molar-refractivity contribution is 7.89. The second kappa shape index (κ2) is 5.25. The van der Waals surface area contributed by atoms with Gasteiger partial charge in [0.15, 0.2) is 5.03 Å². The summed E-state index contributed by atoms with van der Waals surface area (Å²) < 4.78 is 25.0. The number of rotatable bonds is 6. The summed E-state index contributed by atoms with van der Waals surface area (Å²) in [5.41, 5.74) is -0.360. The molecule has 0 fully saturated rings. The number of H-pyrrole nitrogens is 1. The Balaban J connectivity index is 3.04. The van der Waals surface area contributed by atoms with Gasteiger partial charge in [0.25, 0.3) is 10.0 Å². The molecule has 1 heterocycles. The summed E-state index contributed by atoms with van der Waals surface area (Å²) in [4.78, 5) is 10.8. The van der Waals surface area contributed by atoms with E-state index in [-0.39, 0.29) is 12.1 Å². The third-order valence-corrected chi connectivity index (χ3v) is 4.01. The van der Waals surface area contributed by atoms with Crippen molar-refractivity contribution in [1.82, 2.24) is 19.8 Å². The predicted octanol–water partition coefficient (Wildman–Crippen LogP) is -1.05. The van der Waals surface area contributed by atoms with Gasteiger partial charge in [0.05, 0.1) is 6.20 Å². The number of likely N-dealkylation sites (N-methyl/N-ethyl adjacent to an activating group) is 2. The van der Waals surface area contributed by atoms with Gasteiger partial charge in [-0.2, -0.15) is 9.40 Å². The van der Waals surface area contributed by atoms with E-state index in [0.717, 1.165) is 10.5 Å². The van der Waals surface area contributed by atoms with Gasteiger partial charge in [0, 0.05) is 20.1 Å². The zero-order chi connectivity index (χ0) is 13.1. The van der Waals surface area contributed by atoms with E-state index in [1.165, 1.54) is 7.05 Å². The Morgan fingerprint density at radius 3 is 2.82 bits per heavy atom. The lowest BCUT2D eigenvalue weighted by molar-refractivity contribution is 0.0692. The minimum atomic E-state index is -3.85. The number of aromatic nitrogens is 2. The van der Waals surface area contributed by atoms with Crippen molar-refractivity contribution in [1.29, 1.82) is 0 Å². The second-order valence-corrected chi connectivity index (χ2v) is 5.33. The van der Waals surface area contributed by atoms with Crippen LogP contribution in [0.25, 0.3) is 0 Å². The van der Waals surface area contributed by atoms with Gasteiger partial charge in [-0.15, -0.1) is 0 Å². The normalized spacial score (nSPS) is 11.9. The lowest BCUT2D eigenvalue weighted by Crippen LogP contribution is -2.33. The lowest BCUT2D eigenvalue weighted by Gasteiger charge is -2.15. The fourth-order valence-electron chi connectivity index (χ4n) is 1.17. The standard InChI is InChI=1S/C8H14N4O4S/c1-9-3-4-12(2)17(15,16)7-6(8(13)14)5-10-11-7/h5,9H,3-4H2,1-2H3,(H,10,11)(H,13,14). The largest absolute Gasteiger partial charge is 0.478 e. The molecule has 0 saturated heterocycles. The van der Waals surface area contributed by atoms with Gasteiger partial charge in [-0.3, -0.25) is 5.10 Å². The molecule has 0 saturated carbocycles. The zero-order valence-electron chi connectivity index (χ0n) is 9.47. The van der Waals surface area contributed by atoms with E-state index >= 15 is 0 Å². The summed E-state index contributed by atoms with van der Waals surface area (Å²) in [7, 11) is -0.781. The monoisotopic (exact) mass is 262 g/mol. The Kier molecular flexibility index (Phi) is 4.21. The average molecular weight is 262 g/mol.